The summed E-state index contributed by atoms with van der Waals surface area (Å²) >= 11 is 0. The van der Waals surface area contributed by atoms with Crippen molar-refractivity contribution in [1.82, 2.24) is 0 Å². The molecule has 0 radical (unpaired) electrons. The number of allylic oxidation sites excluding steroid dienone is 2. The van der Waals surface area contributed by atoms with E-state index in [2.05, 4.69) is 46.4 Å². The maximum Gasteiger partial charge on any atom is 0.310 e. The number of hydrogen-bond donors (Lipinski definition) is 2. The predicted octanol–water partition coefficient (Wildman–Crippen LogP) is 6.62. The number of carboxylic acids is 1. The Morgan fingerprint density at radius 2 is 1.75 bits per heavy atom. The maximum atomic E-state index is 12.6. The summed E-state index contributed by atoms with van der Waals surface area (Å²) in [6.45, 7) is 13.8. The molecule has 32 heavy (non-hydrogen) atoms. The largest absolute Gasteiger partial charge is 0.481 e. The first kappa shape index (κ1) is 22.7. The Bertz CT molecular complexity index is 845. The van der Waals surface area contributed by atoms with Gasteiger partial charge in [0.1, 0.15) is 0 Å². The van der Waals surface area contributed by atoms with Gasteiger partial charge in [0.25, 0.3) is 0 Å². The summed E-state index contributed by atoms with van der Waals surface area (Å²) in [6.07, 6.45) is 14.7. The van der Waals surface area contributed by atoms with Gasteiger partial charge in [-0.05, 0) is 91.8 Å². The van der Waals surface area contributed by atoms with Crippen molar-refractivity contribution in [2.45, 2.75) is 98.0 Å². The Kier molecular flexibility index (Phi) is 5.11. The molecular formula is C29H44O3. The van der Waals surface area contributed by atoms with Crippen LogP contribution in [0.25, 0.3) is 0 Å². The van der Waals surface area contributed by atoms with Crippen molar-refractivity contribution >= 4 is 5.97 Å². The summed E-state index contributed by atoms with van der Waals surface area (Å²) in [6, 6.07) is 0. The first-order valence-corrected chi connectivity index (χ1v) is 13.3. The van der Waals surface area contributed by atoms with Gasteiger partial charge in [-0.2, -0.15) is 0 Å². The highest BCUT2D eigenvalue weighted by atomic mass is 16.4. The fourth-order valence-electron chi connectivity index (χ4n) is 10.5. The highest BCUT2D eigenvalue weighted by molar-refractivity contribution is 5.76. The number of fused-ring (bicyclic) bond motifs is 7. The molecule has 2 N–H and O–H groups in total. The average molecular weight is 441 g/mol. The molecule has 0 heterocycles. The molecule has 3 nitrogen and oxygen atoms in total. The molecule has 10 atom stereocenters. The van der Waals surface area contributed by atoms with Crippen LogP contribution in [0.1, 0.15) is 91.9 Å². The van der Waals surface area contributed by atoms with Crippen molar-refractivity contribution < 1.29 is 15.0 Å². The lowest BCUT2D eigenvalue weighted by Gasteiger charge is -2.68. The van der Waals surface area contributed by atoms with Crippen LogP contribution in [0.2, 0.25) is 0 Å². The molecule has 178 valence electrons. The van der Waals surface area contributed by atoms with Crippen molar-refractivity contribution in [2.24, 2.45) is 51.2 Å². The van der Waals surface area contributed by atoms with E-state index in [9.17, 15) is 15.0 Å². The van der Waals surface area contributed by atoms with Crippen LogP contribution in [-0.4, -0.2) is 22.3 Å². The first-order chi connectivity index (χ1) is 15.0. The van der Waals surface area contributed by atoms with Crippen molar-refractivity contribution in [2.75, 3.05) is 0 Å². The summed E-state index contributed by atoms with van der Waals surface area (Å²) in [5.74, 6) is 1.75. The third kappa shape index (κ3) is 2.67. The van der Waals surface area contributed by atoms with Crippen molar-refractivity contribution in [3.05, 3.63) is 24.3 Å². The summed E-state index contributed by atoms with van der Waals surface area (Å²) < 4.78 is 0. The standard InChI is InChI=1S/C29H44O3/c1-6-26(3)22-12-15-27(4)20-11-17-29(25(31)32)14-7-8-18(2)24(29)19(20)9-10-21(27)28(22,5)16-13-23(26)30/h6,9,18,20-24,30H,1,7-8,10-17H2,2-5H3,(H,31,32). The number of aliphatic hydroxyl groups excluding tert-OH is 1. The van der Waals surface area contributed by atoms with E-state index in [-0.39, 0.29) is 28.3 Å². The number of aliphatic carboxylic acids is 1. The van der Waals surface area contributed by atoms with Gasteiger partial charge < -0.3 is 10.2 Å². The monoisotopic (exact) mass is 440 g/mol. The van der Waals surface area contributed by atoms with Gasteiger partial charge in [0, 0.05) is 5.41 Å². The molecule has 0 spiro atoms. The Morgan fingerprint density at radius 1 is 1.03 bits per heavy atom. The van der Waals surface area contributed by atoms with Gasteiger partial charge in [-0.15, -0.1) is 6.58 Å². The number of aliphatic hydroxyl groups is 1. The molecule has 4 fully saturated rings. The van der Waals surface area contributed by atoms with Crippen molar-refractivity contribution in [1.29, 1.82) is 0 Å². The van der Waals surface area contributed by atoms with E-state index in [4.69, 9.17) is 0 Å². The lowest BCUT2D eigenvalue weighted by Crippen LogP contribution is -2.62. The molecule has 4 saturated carbocycles. The maximum absolute atomic E-state index is 12.6. The normalized spacial score (nSPS) is 54.8. The van der Waals surface area contributed by atoms with E-state index >= 15 is 0 Å². The van der Waals surface area contributed by atoms with Crippen LogP contribution in [0.15, 0.2) is 24.3 Å². The molecule has 0 saturated heterocycles. The Balaban J connectivity index is 1.56. The van der Waals surface area contributed by atoms with Crippen LogP contribution in [0.4, 0.5) is 0 Å². The minimum absolute atomic E-state index is 0.205. The topological polar surface area (TPSA) is 57.5 Å². The van der Waals surface area contributed by atoms with Crippen molar-refractivity contribution in [3.8, 4) is 0 Å². The first-order valence-electron chi connectivity index (χ1n) is 13.3. The van der Waals surface area contributed by atoms with Crippen LogP contribution in [0, 0.1) is 51.2 Å². The SMILES string of the molecule is C=CC1(C)C(O)CCC2(C)C1CCC1(C)C3CCC4(C(=O)O)CCCC(C)C4C3=CCC12. The quantitative estimate of drug-likeness (QED) is 0.474. The Labute approximate surface area is 194 Å². The molecule has 0 aliphatic heterocycles. The summed E-state index contributed by atoms with van der Waals surface area (Å²) in [7, 11) is 0. The molecule has 0 amide bonds. The van der Waals surface area contributed by atoms with Gasteiger partial charge in [-0.25, -0.2) is 0 Å². The van der Waals surface area contributed by atoms with Gasteiger partial charge >= 0.3 is 5.97 Å². The highest BCUT2D eigenvalue weighted by Crippen LogP contribution is 2.72. The number of hydrogen-bond acceptors (Lipinski definition) is 2. The molecular weight excluding hydrogens is 396 g/mol. The van der Waals surface area contributed by atoms with Gasteiger partial charge in [0.05, 0.1) is 11.5 Å². The van der Waals surface area contributed by atoms with Crippen LogP contribution in [0.5, 0.6) is 0 Å². The van der Waals surface area contributed by atoms with E-state index < -0.39 is 11.4 Å². The lowest BCUT2D eigenvalue weighted by molar-refractivity contribution is -0.181. The van der Waals surface area contributed by atoms with Crippen LogP contribution in [-0.2, 0) is 4.79 Å². The zero-order chi connectivity index (χ0) is 23.1. The molecule has 0 bridgehead atoms. The van der Waals surface area contributed by atoms with E-state index in [1.54, 1.807) is 0 Å². The van der Waals surface area contributed by atoms with Crippen LogP contribution >= 0.6 is 0 Å². The van der Waals surface area contributed by atoms with E-state index in [0.717, 1.165) is 51.4 Å². The molecule has 0 aromatic carbocycles. The van der Waals surface area contributed by atoms with Crippen LogP contribution in [0.3, 0.4) is 0 Å². The molecule has 5 rings (SSSR count). The van der Waals surface area contributed by atoms with Gasteiger partial charge in [0.2, 0.25) is 0 Å². The fourth-order valence-corrected chi connectivity index (χ4v) is 10.5. The van der Waals surface area contributed by atoms with E-state index in [1.807, 2.05) is 0 Å². The van der Waals surface area contributed by atoms with E-state index in [0.29, 0.717) is 23.7 Å². The fraction of sp³-hybridized carbons (Fsp3) is 0.828. The minimum atomic E-state index is -0.542. The molecule has 5 aliphatic carbocycles. The summed E-state index contributed by atoms with van der Waals surface area (Å²) in [5, 5.41) is 21.3. The second-order valence-electron chi connectivity index (χ2n) is 13.1. The van der Waals surface area contributed by atoms with Crippen molar-refractivity contribution in [3.63, 3.8) is 0 Å². The third-order valence-electron chi connectivity index (χ3n) is 12.1. The summed E-state index contributed by atoms with van der Waals surface area (Å²) in [5.41, 5.74) is 1.23. The minimum Gasteiger partial charge on any atom is -0.481 e. The predicted molar refractivity (Wildman–Crippen MR) is 128 cm³/mol. The Hall–Kier alpha value is -1.09. The van der Waals surface area contributed by atoms with Crippen LogP contribution < -0.4 is 0 Å². The summed E-state index contributed by atoms with van der Waals surface area (Å²) in [4.78, 5) is 12.6. The molecule has 0 aromatic rings. The zero-order valence-corrected chi connectivity index (χ0v) is 20.7. The second-order valence-corrected chi connectivity index (χ2v) is 13.1. The van der Waals surface area contributed by atoms with E-state index in [1.165, 1.54) is 18.4 Å². The van der Waals surface area contributed by atoms with Gasteiger partial charge in [0.15, 0.2) is 0 Å². The second kappa shape index (κ2) is 7.20. The molecule has 10 unspecified atom stereocenters. The molecule has 5 aliphatic rings. The van der Waals surface area contributed by atoms with Gasteiger partial charge in [-0.3, -0.25) is 4.79 Å². The zero-order valence-electron chi connectivity index (χ0n) is 20.7. The number of carbonyl (C=O) groups is 1. The molecule has 0 aromatic heterocycles. The number of rotatable bonds is 2. The highest BCUT2D eigenvalue weighted by Gasteiger charge is 2.65. The number of carboxylic acid groups (broad SMARTS) is 1. The average Bonchev–Trinajstić information content (AvgIpc) is 2.76. The Morgan fingerprint density at radius 3 is 2.44 bits per heavy atom. The smallest absolute Gasteiger partial charge is 0.310 e. The lowest BCUT2D eigenvalue weighted by atomic mass is 9.37. The molecule has 3 heteroatoms. The third-order valence-corrected chi connectivity index (χ3v) is 12.1. The van der Waals surface area contributed by atoms with Gasteiger partial charge in [-0.1, -0.05) is 58.3 Å².